The van der Waals surface area contributed by atoms with Gasteiger partial charge in [-0.15, -0.1) is 0 Å². The molecule has 0 spiro atoms. The van der Waals surface area contributed by atoms with Crippen LogP contribution in [0.3, 0.4) is 0 Å². The molecule has 2 atom stereocenters. The van der Waals surface area contributed by atoms with Gasteiger partial charge in [0.05, 0.1) is 6.10 Å². The lowest BCUT2D eigenvalue weighted by atomic mass is 9.85. The Balaban J connectivity index is 2.15. The highest BCUT2D eigenvalue weighted by atomic mass is 19.1. The molecule has 1 aromatic rings. The summed E-state index contributed by atoms with van der Waals surface area (Å²) in [5.41, 5.74) is 0.414. The minimum Gasteiger partial charge on any atom is -0.387 e. The van der Waals surface area contributed by atoms with Crippen LogP contribution in [0.15, 0.2) is 24.3 Å². The third-order valence-electron chi connectivity index (χ3n) is 3.50. The molecule has 1 heterocycles. The van der Waals surface area contributed by atoms with Crippen molar-refractivity contribution < 1.29 is 9.50 Å². The number of halogens is 1. The Bertz CT molecular complexity index is 392. The smallest absolute Gasteiger partial charge is 0.129 e. The van der Waals surface area contributed by atoms with E-state index in [1.807, 2.05) is 0 Å². The van der Waals surface area contributed by atoms with Gasteiger partial charge in [0.1, 0.15) is 5.82 Å². The summed E-state index contributed by atoms with van der Waals surface area (Å²) in [6, 6.07) is 6.39. The molecule has 0 aromatic heterocycles. The molecule has 1 aromatic carbocycles. The van der Waals surface area contributed by atoms with E-state index < -0.39 is 6.10 Å². The van der Waals surface area contributed by atoms with Crippen molar-refractivity contribution in [2.45, 2.75) is 50.8 Å². The Hall–Kier alpha value is -0.930. The van der Waals surface area contributed by atoms with Crippen LogP contribution in [-0.4, -0.2) is 16.7 Å². The highest BCUT2D eigenvalue weighted by Crippen LogP contribution is 2.29. The zero-order valence-electron chi connectivity index (χ0n) is 10.4. The molecule has 1 fully saturated rings. The van der Waals surface area contributed by atoms with Gasteiger partial charge in [-0.3, -0.25) is 0 Å². The zero-order chi connectivity index (χ0) is 12.5. The summed E-state index contributed by atoms with van der Waals surface area (Å²) in [7, 11) is 0. The average Bonchev–Trinajstić information content (AvgIpc) is 2.27. The molecule has 1 saturated heterocycles. The molecule has 0 bridgehead atoms. The van der Waals surface area contributed by atoms with Crippen LogP contribution in [0.5, 0.6) is 0 Å². The van der Waals surface area contributed by atoms with Crippen LogP contribution in [0.2, 0.25) is 0 Å². The van der Waals surface area contributed by atoms with Crippen molar-refractivity contribution in [2.24, 2.45) is 0 Å². The predicted molar refractivity (Wildman–Crippen MR) is 66.2 cm³/mol. The highest BCUT2D eigenvalue weighted by molar-refractivity contribution is 5.21. The Morgan fingerprint density at radius 3 is 2.76 bits per heavy atom. The Morgan fingerprint density at radius 2 is 2.12 bits per heavy atom. The van der Waals surface area contributed by atoms with Gasteiger partial charge in [0.15, 0.2) is 0 Å². The molecular formula is C14H20FNO. The number of hydrogen-bond donors (Lipinski definition) is 2. The lowest BCUT2D eigenvalue weighted by molar-refractivity contribution is 0.0817. The van der Waals surface area contributed by atoms with Crippen molar-refractivity contribution in [3.05, 3.63) is 35.6 Å². The maximum absolute atomic E-state index is 13.6. The summed E-state index contributed by atoms with van der Waals surface area (Å²) >= 11 is 0. The highest BCUT2D eigenvalue weighted by Gasteiger charge is 2.32. The minimum atomic E-state index is -0.768. The van der Waals surface area contributed by atoms with E-state index in [1.165, 1.54) is 6.07 Å². The van der Waals surface area contributed by atoms with Gasteiger partial charge in [0.2, 0.25) is 0 Å². The van der Waals surface area contributed by atoms with Crippen LogP contribution in [0, 0.1) is 5.82 Å². The van der Waals surface area contributed by atoms with Gasteiger partial charge in [0, 0.05) is 17.1 Å². The average molecular weight is 237 g/mol. The minimum absolute atomic E-state index is 0.0230. The maximum Gasteiger partial charge on any atom is 0.129 e. The first-order chi connectivity index (χ1) is 7.99. The second-order valence-corrected chi connectivity index (χ2v) is 5.49. The summed E-state index contributed by atoms with van der Waals surface area (Å²) in [5, 5.41) is 13.7. The van der Waals surface area contributed by atoms with Gasteiger partial charge in [-0.1, -0.05) is 18.2 Å². The standard InChI is InChI=1S/C14H20FNO/c1-14(2)9-5-8-12(16-14)13(17)10-6-3-4-7-11(10)15/h3-4,6-7,12-13,16-17H,5,8-9H2,1-2H3/t12-,13-/m0/s1. The van der Waals surface area contributed by atoms with E-state index in [9.17, 15) is 9.50 Å². The van der Waals surface area contributed by atoms with E-state index in [1.54, 1.807) is 18.2 Å². The van der Waals surface area contributed by atoms with Gasteiger partial charge in [-0.05, 0) is 39.2 Å². The first kappa shape index (κ1) is 12.5. The van der Waals surface area contributed by atoms with Crippen LogP contribution in [0.1, 0.15) is 44.8 Å². The van der Waals surface area contributed by atoms with Gasteiger partial charge >= 0.3 is 0 Å². The second-order valence-electron chi connectivity index (χ2n) is 5.49. The Labute approximate surface area is 102 Å². The quantitative estimate of drug-likeness (QED) is 0.829. The van der Waals surface area contributed by atoms with Gasteiger partial charge in [-0.2, -0.15) is 0 Å². The first-order valence-corrected chi connectivity index (χ1v) is 6.20. The predicted octanol–water partition coefficient (Wildman–Crippen LogP) is 2.78. The van der Waals surface area contributed by atoms with Crippen molar-refractivity contribution in [1.82, 2.24) is 5.32 Å². The molecule has 17 heavy (non-hydrogen) atoms. The second kappa shape index (κ2) is 4.75. The fourth-order valence-electron chi connectivity index (χ4n) is 2.58. The van der Waals surface area contributed by atoms with E-state index in [4.69, 9.17) is 0 Å². The van der Waals surface area contributed by atoms with Crippen molar-refractivity contribution in [3.8, 4) is 0 Å². The Kier molecular flexibility index (Phi) is 3.50. The van der Waals surface area contributed by atoms with Crippen molar-refractivity contribution in [3.63, 3.8) is 0 Å². The zero-order valence-corrected chi connectivity index (χ0v) is 10.4. The number of hydrogen-bond acceptors (Lipinski definition) is 2. The molecule has 0 amide bonds. The molecular weight excluding hydrogens is 217 g/mol. The van der Waals surface area contributed by atoms with Crippen LogP contribution in [0.25, 0.3) is 0 Å². The number of aliphatic hydroxyl groups is 1. The number of piperidine rings is 1. The molecule has 2 N–H and O–H groups in total. The summed E-state index contributed by atoms with van der Waals surface area (Å²) in [4.78, 5) is 0. The van der Waals surface area contributed by atoms with Crippen molar-refractivity contribution in [2.75, 3.05) is 0 Å². The van der Waals surface area contributed by atoms with Gasteiger partial charge < -0.3 is 10.4 Å². The van der Waals surface area contributed by atoms with Crippen LogP contribution >= 0.6 is 0 Å². The van der Waals surface area contributed by atoms with E-state index in [0.29, 0.717) is 5.56 Å². The number of aliphatic hydroxyl groups excluding tert-OH is 1. The number of benzene rings is 1. The number of nitrogens with one attached hydrogen (secondary N) is 1. The van der Waals surface area contributed by atoms with E-state index in [2.05, 4.69) is 19.2 Å². The fraction of sp³-hybridized carbons (Fsp3) is 0.571. The van der Waals surface area contributed by atoms with E-state index in [-0.39, 0.29) is 17.4 Å². The maximum atomic E-state index is 13.6. The molecule has 2 nitrogen and oxygen atoms in total. The molecule has 3 heteroatoms. The third kappa shape index (κ3) is 2.85. The van der Waals surface area contributed by atoms with Crippen LogP contribution < -0.4 is 5.32 Å². The van der Waals surface area contributed by atoms with E-state index >= 15 is 0 Å². The SMILES string of the molecule is CC1(C)CCC[C@@H]([C@@H](O)c2ccccc2F)N1. The molecule has 0 radical (unpaired) electrons. The summed E-state index contributed by atoms with van der Waals surface area (Å²) in [5.74, 6) is -0.329. The third-order valence-corrected chi connectivity index (χ3v) is 3.50. The topological polar surface area (TPSA) is 32.3 Å². The molecule has 2 rings (SSSR count). The lowest BCUT2D eigenvalue weighted by Crippen LogP contribution is -2.51. The van der Waals surface area contributed by atoms with Crippen LogP contribution in [-0.2, 0) is 0 Å². The van der Waals surface area contributed by atoms with Crippen molar-refractivity contribution >= 4 is 0 Å². The first-order valence-electron chi connectivity index (χ1n) is 6.20. The molecule has 1 aliphatic heterocycles. The normalized spacial score (nSPS) is 25.5. The summed E-state index contributed by atoms with van der Waals surface area (Å²) in [6.45, 7) is 4.24. The molecule has 1 aliphatic rings. The fourth-order valence-corrected chi connectivity index (χ4v) is 2.58. The monoisotopic (exact) mass is 237 g/mol. The Morgan fingerprint density at radius 1 is 1.41 bits per heavy atom. The molecule has 0 unspecified atom stereocenters. The van der Waals surface area contributed by atoms with E-state index in [0.717, 1.165) is 19.3 Å². The summed E-state index contributed by atoms with van der Waals surface area (Å²) in [6.07, 6.45) is 2.28. The van der Waals surface area contributed by atoms with Crippen LogP contribution in [0.4, 0.5) is 4.39 Å². The lowest BCUT2D eigenvalue weighted by Gasteiger charge is -2.39. The van der Waals surface area contributed by atoms with Gasteiger partial charge in [-0.25, -0.2) is 4.39 Å². The molecule has 0 saturated carbocycles. The largest absolute Gasteiger partial charge is 0.387 e. The molecule has 0 aliphatic carbocycles. The summed E-state index contributed by atoms with van der Waals surface area (Å²) < 4.78 is 13.6. The number of rotatable bonds is 2. The van der Waals surface area contributed by atoms with Crippen molar-refractivity contribution in [1.29, 1.82) is 0 Å². The molecule has 94 valence electrons. The van der Waals surface area contributed by atoms with Gasteiger partial charge in [0.25, 0.3) is 0 Å².